The van der Waals surface area contributed by atoms with Crippen molar-refractivity contribution in [2.75, 3.05) is 13.1 Å². The molecule has 0 aromatic heterocycles. The van der Waals surface area contributed by atoms with E-state index in [0.29, 0.717) is 30.6 Å². The van der Waals surface area contributed by atoms with Crippen LogP contribution in [0.3, 0.4) is 0 Å². The van der Waals surface area contributed by atoms with Crippen LogP contribution in [0.15, 0.2) is 18.2 Å². The number of likely N-dealkylation sites (tertiary alicyclic amines) is 1. The van der Waals surface area contributed by atoms with E-state index in [-0.39, 0.29) is 24.1 Å². The highest BCUT2D eigenvalue weighted by atomic mass is 16.2. The van der Waals surface area contributed by atoms with Gasteiger partial charge in [-0.1, -0.05) is 12.1 Å². The molecule has 2 bridgehead atoms. The second kappa shape index (κ2) is 6.97. The van der Waals surface area contributed by atoms with Crippen LogP contribution in [-0.4, -0.2) is 58.7 Å². The Hall–Kier alpha value is -2.25. The van der Waals surface area contributed by atoms with Gasteiger partial charge in [0.25, 0.3) is 5.91 Å². The van der Waals surface area contributed by atoms with Gasteiger partial charge < -0.3 is 10.2 Å². The van der Waals surface area contributed by atoms with E-state index in [9.17, 15) is 14.4 Å². The minimum absolute atomic E-state index is 0.0945. The Bertz CT molecular complexity index is 839. The molecule has 3 fully saturated rings. The van der Waals surface area contributed by atoms with Gasteiger partial charge in [-0.2, -0.15) is 0 Å². The number of hydrogen-bond acceptors (Lipinski definition) is 5. The molecule has 3 atom stereocenters. The van der Waals surface area contributed by atoms with Crippen molar-refractivity contribution in [2.45, 2.75) is 63.3 Å². The number of nitrogens with one attached hydrogen (secondary N) is 2. The fourth-order valence-corrected chi connectivity index (χ4v) is 5.20. The normalized spacial score (nSPS) is 30.4. The highest BCUT2D eigenvalue weighted by molar-refractivity contribution is 6.05. The molecule has 1 aromatic rings. The number of hydrogen-bond donors (Lipinski definition) is 2. The summed E-state index contributed by atoms with van der Waals surface area (Å²) in [5.74, 6) is -0.702. The second-order valence-electron chi connectivity index (χ2n) is 8.50. The average molecular weight is 382 g/mol. The monoisotopic (exact) mass is 382 g/mol. The van der Waals surface area contributed by atoms with E-state index in [2.05, 4.69) is 21.6 Å². The van der Waals surface area contributed by atoms with Crippen LogP contribution in [0.4, 0.5) is 0 Å². The van der Waals surface area contributed by atoms with Crippen LogP contribution in [0.2, 0.25) is 0 Å². The first-order chi connectivity index (χ1) is 13.6. The second-order valence-corrected chi connectivity index (χ2v) is 8.50. The van der Waals surface area contributed by atoms with Gasteiger partial charge in [-0.25, -0.2) is 0 Å². The largest absolute Gasteiger partial charge is 0.322 e. The Kier molecular flexibility index (Phi) is 4.44. The van der Waals surface area contributed by atoms with Crippen LogP contribution < -0.4 is 10.6 Å². The van der Waals surface area contributed by atoms with Gasteiger partial charge >= 0.3 is 0 Å². The van der Waals surface area contributed by atoms with Crippen LogP contribution in [0, 0.1) is 0 Å². The van der Waals surface area contributed by atoms with Crippen molar-refractivity contribution in [2.24, 2.45) is 0 Å². The zero-order valence-corrected chi connectivity index (χ0v) is 15.9. The molecule has 5 rings (SSSR count). The van der Waals surface area contributed by atoms with E-state index in [1.165, 1.54) is 24.8 Å². The molecular formula is C21H26N4O3. The molecule has 4 aliphatic rings. The molecule has 3 unspecified atom stereocenters. The summed E-state index contributed by atoms with van der Waals surface area (Å²) >= 11 is 0. The van der Waals surface area contributed by atoms with Gasteiger partial charge in [0.2, 0.25) is 11.8 Å². The lowest BCUT2D eigenvalue weighted by molar-refractivity contribution is -0.136. The Morgan fingerprint density at radius 2 is 1.89 bits per heavy atom. The first-order valence-corrected chi connectivity index (χ1v) is 10.3. The van der Waals surface area contributed by atoms with Gasteiger partial charge in [0.15, 0.2) is 0 Å². The van der Waals surface area contributed by atoms with Crippen molar-refractivity contribution in [3.05, 3.63) is 34.9 Å². The maximum Gasteiger partial charge on any atom is 0.255 e. The van der Waals surface area contributed by atoms with Gasteiger partial charge in [-0.3, -0.25) is 24.6 Å². The summed E-state index contributed by atoms with van der Waals surface area (Å²) in [6, 6.07) is 6.59. The molecule has 28 heavy (non-hydrogen) atoms. The topological polar surface area (TPSA) is 81.8 Å². The molecule has 0 spiro atoms. The van der Waals surface area contributed by atoms with E-state index in [4.69, 9.17) is 0 Å². The van der Waals surface area contributed by atoms with Crippen molar-refractivity contribution in [3.8, 4) is 0 Å². The SMILES string of the molecule is O=C1CCC(N2Cc3c(CN4CCC5CCC(C4)N5)cccc3C2=O)C(=O)N1. The molecule has 4 aliphatic heterocycles. The molecule has 1 aromatic carbocycles. The highest BCUT2D eigenvalue weighted by Gasteiger charge is 2.40. The van der Waals surface area contributed by atoms with E-state index in [0.717, 1.165) is 25.2 Å². The quantitative estimate of drug-likeness (QED) is 0.755. The molecule has 0 radical (unpaired) electrons. The summed E-state index contributed by atoms with van der Waals surface area (Å²) in [5, 5.41) is 6.08. The zero-order chi connectivity index (χ0) is 19.3. The number of rotatable bonds is 3. The van der Waals surface area contributed by atoms with E-state index in [1.807, 2.05) is 12.1 Å². The summed E-state index contributed by atoms with van der Waals surface area (Å²) < 4.78 is 0. The fraction of sp³-hybridized carbons (Fsp3) is 0.571. The summed E-state index contributed by atoms with van der Waals surface area (Å²) in [5.41, 5.74) is 2.93. The molecule has 3 amide bonds. The van der Waals surface area contributed by atoms with Gasteiger partial charge in [-0.15, -0.1) is 0 Å². The lowest BCUT2D eigenvalue weighted by Crippen LogP contribution is -2.52. The Labute approximate surface area is 164 Å². The third kappa shape index (κ3) is 3.12. The number of carbonyl (C=O) groups is 3. The zero-order valence-electron chi connectivity index (χ0n) is 15.9. The minimum Gasteiger partial charge on any atom is -0.322 e. The maximum atomic E-state index is 13.0. The number of piperidine rings is 1. The number of nitrogens with zero attached hydrogens (tertiary/aromatic N) is 2. The van der Waals surface area contributed by atoms with Crippen LogP contribution >= 0.6 is 0 Å². The van der Waals surface area contributed by atoms with Gasteiger partial charge in [0, 0.05) is 50.2 Å². The van der Waals surface area contributed by atoms with Crippen molar-refractivity contribution in [1.29, 1.82) is 0 Å². The molecule has 7 heteroatoms. The van der Waals surface area contributed by atoms with Crippen molar-refractivity contribution in [3.63, 3.8) is 0 Å². The number of amides is 3. The Morgan fingerprint density at radius 3 is 2.75 bits per heavy atom. The maximum absolute atomic E-state index is 13.0. The summed E-state index contributed by atoms with van der Waals surface area (Å²) in [6.07, 6.45) is 4.39. The summed E-state index contributed by atoms with van der Waals surface area (Å²) in [7, 11) is 0. The lowest BCUT2D eigenvalue weighted by atomic mass is 10.0. The van der Waals surface area contributed by atoms with E-state index >= 15 is 0 Å². The third-order valence-corrected chi connectivity index (χ3v) is 6.68. The van der Waals surface area contributed by atoms with E-state index < -0.39 is 6.04 Å². The van der Waals surface area contributed by atoms with Gasteiger partial charge in [-0.05, 0) is 42.9 Å². The van der Waals surface area contributed by atoms with Crippen LogP contribution in [-0.2, 0) is 22.7 Å². The molecule has 148 valence electrons. The molecule has 2 N–H and O–H groups in total. The van der Waals surface area contributed by atoms with Crippen molar-refractivity contribution < 1.29 is 14.4 Å². The summed E-state index contributed by atoms with van der Waals surface area (Å²) in [6.45, 7) is 3.41. The number of imide groups is 1. The smallest absolute Gasteiger partial charge is 0.255 e. The first-order valence-electron chi connectivity index (χ1n) is 10.3. The molecule has 4 heterocycles. The van der Waals surface area contributed by atoms with Gasteiger partial charge in [0.05, 0.1) is 0 Å². The Morgan fingerprint density at radius 1 is 1.04 bits per heavy atom. The van der Waals surface area contributed by atoms with E-state index in [1.54, 1.807) is 4.90 Å². The van der Waals surface area contributed by atoms with Crippen molar-refractivity contribution >= 4 is 17.7 Å². The molecular weight excluding hydrogens is 356 g/mol. The predicted molar refractivity (Wildman–Crippen MR) is 102 cm³/mol. The number of carbonyl (C=O) groups excluding carboxylic acids is 3. The number of benzene rings is 1. The number of fused-ring (bicyclic) bond motifs is 3. The fourth-order valence-electron chi connectivity index (χ4n) is 5.20. The summed E-state index contributed by atoms with van der Waals surface area (Å²) in [4.78, 5) is 40.8. The lowest BCUT2D eigenvalue weighted by Gasteiger charge is -2.29. The molecule has 0 aliphatic carbocycles. The molecule has 0 saturated carbocycles. The predicted octanol–water partition coefficient (Wildman–Crippen LogP) is 0.774. The highest BCUT2D eigenvalue weighted by Crippen LogP contribution is 2.31. The van der Waals surface area contributed by atoms with Crippen LogP contribution in [0.25, 0.3) is 0 Å². The standard InChI is InChI=1S/C21H26N4O3/c26-19-7-6-18(20(27)23-19)25-12-17-13(2-1-3-16(17)21(25)28)10-24-9-8-14-4-5-15(11-24)22-14/h1-3,14-15,18,22H,4-12H2,(H,23,26,27). The van der Waals surface area contributed by atoms with Gasteiger partial charge in [0.1, 0.15) is 6.04 Å². The average Bonchev–Trinajstić information content (AvgIpc) is 3.18. The third-order valence-electron chi connectivity index (χ3n) is 6.68. The minimum atomic E-state index is -0.552. The van der Waals surface area contributed by atoms with Crippen LogP contribution in [0.5, 0.6) is 0 Å². The molecule has 7 nitrogen and oxygen atoms in total. The van der Waals surface area contributed by atoms with Crippen LogP contribution in [0.1, 0.15) is 53.6 Å². The van der Waals surface area contributed by atoms with Crippen molar-refractivity contribution in [1.82, 2.24) is 20.4 Å². The Balaban J connectivity index is 1.35. The first kappa shape index (κ1) is 17.8. The molecule has 3 saturated heterocycles.